The van der Waals surface area contributed by atoms with Crippen molar-refractivity contribution in [3.05, 3.63) is 22.4 Å². The molecule has 2 atom stereocenters. The van der Waals surface area contributed by atoms with E-state index in [1.807, 2.05) is 0 Å². The van der Waals surface area contributed by atoms with Crippen molar-refractivity contribution in [3.8, 4) is 0 Å². The van der Waals surface area contributed by atoms with Gasteiger partial charge in [-0.1, -0.05) is 0 Å². The van der Waals surface area contributed by atoms with Gasteiger partial charge in [0.15, 0.2) is 0 Å². The molecule has 1 aromatic heterocycles. The van der Waals surface area contributed by atoms with Crippen molar-refractivity contribution < 1.29 is 4.79 Å². The normalized spacial score (nSPS) is 25.9. The highest BCUT2D eigenvalue weighted by Crippen LogP contribution is 2.26. The lowest BCUT2D eigenvalue weighted by molar-refractivity contribution is -0.130. The standard InChI is InChI=1S/C13H18N2OS.ClH/c16-13(2-1-10-3-4-17-9-10)15-7-11-5-14-6-12(11)8-15;/h3-4,9,11-12,14H,1-2,5-8H2;1H/t11-,12+;. The molecule has 1 amide bonds. The van der Waals surface area contributed by atoms with Gasteiger partial charge in [-0.3, -0.25) is 4.79 Å². The minimum absolute atomic E-state index is 0. The van der Waals surface area contributed by atoms with Crippen molar-refractivity contribution in [1.29, 1.82) is 0 Å². The molecule has 3 nitrogen and oxygen atoms in total. The molecular weight excluding hydrogens is 268 g/mol. The molecule has 0 aliphatic carbocycles. The van der Waals surface area contributed by atoms with E-state index in [0.717, 1.165) is 32.6 Å². The number of carbonyl (C=O) groups excluding carboxylic acids is 1. The van der Waals surface area contributed by atoms with Crippen LogP contribution in [0.2, 0.25) is 0 Å². The third kappa shape index (κ3) is 2.87. The van der Waals surface area contributed by atoms with Crippen LogP contribution in [0, 0.1) is 11.8 Å². The number of nitrogens with zero attached hydrogens (tertiary/aromatic N) is 1. The summed E-state index contributed by atoms with van der Waals surface area (Å²) in [5.74, 6) is 1.76. The summed E-state index contributed by atoms with van der Waals surface area (Å²) in [5, 5.41) is 7.61. The van der Waals surface area contributed by atoms with Crippen molar-refractivity contribution in [1.82, 2.24) is 10.2 Å². The number of thiophene rings is 1. The highest BCUT2D eigenvalue weighted by molar-refractivity contribution is 7.07. The zero-order chi connectivity index (χ0) is 11.7. The van der Waals surface area contributed by atoms with E-state index in [0.29, 0.717) is 24.2 Å². The topological polar surface area (TPSA) is 32.3 Å². The Morgan fingerprint density at radius 3 is 2.72 bits per heavy atom. The molecule has 2 saturated heterocycles. The van der Waals surface area contributed by atoms with Gasteiger partial charge in [0.1, 0.15) is 0 Å². The molecule has 3 heterocycles. The molecule has 1 N–H and O–H groups in total. The minimum Gasteiger partial charge on any atom is -0.342 e. The number of carbonyl (C=O) groups is 1. The Morgan fingerprint density at radius 2 is 2.11 bits per heavy atom. The fourth-order valence-corrected chi connectivity index (χ4v) is 3.61. The first kappa shape index (κ1) is 13.8. The van der Waals surface area contributed by atoms with Gasteiger partial charge in [0.2, 0.25) is 5.91 Å². The molecule has 0 saturated carbocycles. The SMILES string of the molecule is Cl.O=C(CCc1ccsc1)N1C[C@H]2CNC[C@H]2C1. The van der Waals surface area contributed by atoms with Crippen LogP contribution in [0.25, 0.3) is 0 Å². The molecule has 3 rings (SSSR count). The molecule has 2 aliphatic rings. The van der Waals surface area contributed by atoms with E-state index in [1.165, 1.54) is 5.56 Å². The third-order valence-electron chi connectivity index (χ3n) is 3.95. The quantitative estimate of drug-likeness (QED) is 0.919. The molecule has 2 aliphatic heterocycles. The van der Waals surface area contributed by atoms with Gasteiger partial charge in [0, 0.05) is 32.6 Å². The average molecular weight is 287 g/mol. The first-order chi connectivity index (χ1) is 8.33. The summed E-state index contributed by atoms with van der Waals surface area (Å²) in [6.07, 6.45) is 1.57. The van der Waals surface area contributed by atoms with Crippen LogP contribution in [0.4, 0.5) is 0 Å². The lowest BCUT2D eigenvalue weighted by Crippen LogP contribution is -2.31. The van der Waals surface area contributed by atoms with E-state index >= 15 is 0 Å². The van der Waals surface area contributed by atoms with Gasteiger partial charge in [-0.05, 0) is 40.6 Å². The summed E-state index contributed by atoms with van der Waals surface area (Å²) in [6.45, 7) is 4.14. The van der Waals surface area contributed by atoms with Crippen molar-refractivity contribution in [3.63, 3.8) is 0 Å². The molecular formula is C13H19ClN2OS. The highest BCUT2D eigenvalue weighted by Gasteiger charge is 2.37. The number of hydrogen-bond donors (Lipinski definition) is 1. The fourth-order valence-electron chi connectivity index (χ4n) is 2.90. The van der Waals surface area contributed by atoms with E-state index < -0.39 is 0 Å². The fraction of sp³-hybridized carbons (Fsp3) is 0.615. The van der Waals surface area contributed by atoms with Gasteiger partial charge < -0.3 is 10.2 Å². The van der Waals surface area contributed by atoms with E-state index in [9.17, 15) is 4.79 Å². The number of likely N-dealkylation sites (tertiary alicyclic amines) is 1. The summed E-state index contributed by atoms with van der Waals surface area (Å²) >= 11 is 1.70. The maximum absolute atomic E-state index is 12.1. The first-order valence-corrected chi connectivity index (χ1v) is 7.27. The first-order valence-electron chi connectivity index (χ1n) is 6.32. The summed E-state index contributed by atoms with van der Waals surface area (Å²) in [6, 6.07) is 2.11. The number of rotatable bonds is 3. The largest absolute Gasteiger partial charge is 0.342 e. The average Bonchev–Trinajstić information content (AvgIpc) is 3.01. The summed E-state index contributed by atoms with van der Waals surface area (Å²) < 4.78 is 0. The molecule has 0 aromatic carbocycles. The molecule has 1 aromatic rings. The molecule has 0 spiro atoms. The van der Waals surface area contributed by atoms with Crippen LogP contribution in [0.5, 0.6) is 0 Å². The Balaban J connectivity index is 0.00000120. The molecule has 5 heteroatoms. The van der Waals surface area contributed by atoms with Gasteiger partial charge in [0.25, 0.3) is 0 Å². The van der Waals surface area contributed by atoms with E-state index in [1.54, 1.807) is 11.3 Å². The Bertz CT molecular complexity index is 384. The van der Waals surface area contributed by atoms with E-state index in [2.05, 4.69) is 27.0 Å². The molecule has 100 valence electrons. The maximum atomic E-state index is 12.1. The van der Waals surface area contributed by atoms with Crippen LogP contribution in [-0.4, -0.2) is 37.0 Å². The van der Waals surface area contributed by atoms with Crippen LogP contribution in [0.3, 0.4) is 0 Å². The van der Waals surface area contributed by atoms with E-state index in [4.69, 9.17) is 0 Å². The monoisotopic (exact) mass is 286 g/mol. The summed E-state index contributed by atoms with van der Waals surface area (Å²) in [7, 11) is 0. The summed E-state index contributed by atoms with van der Waals surface area (Å²) in [4.78, 5) is 14.2. The number of nitrogens with one attached hydrogen (secondary N) is 1. The second-order valence-corrected chi connectivity index (χ2v) is 5.89. The lowest BCUT2D eigenvalue weighted by Gasteiger charge is -2.17. The highest BCUT2D eigenvalue weighted by atomic mass is 35.5. The molecule has 0 unspecified atom stereocenters. The Morgan fingerprint density at radius 1 is 1.39 bits per heavy atom. The Kier molecular flexibility index (Phi) is 4.65. The number of fused-ring (bicyclic) bond motifs is 1. The van der Waals surface area contributed by atoms with Gasteiger partial charge in [0.05, 0.1) is 0 Å². The number of amides is 1. The Labute approximate surface area is 118 Å². The predicted octanol–water partition coefficient (Wildman–Crippen LogP) is 1.78. The van der Waals surface area contributed by atoms with Crippen molar-refractivity contribution in [2.75, 3.05) is 26.2 Å². The van der Waals surface area contributed by atoms with Crippen molar-refractivity contribution in [2.24, 2.45) is 11.8 Å². The second kappa shape index (κ2) is 6.04. The number of hydrogen-bond acceptors (Lipinski definition) is 3. The molecule has 0 radical (unpaired) electrons. The number of aryl methyl sites for hydroxylation is 1. The van der Waals surface area contributed by atoms with Crippen LogP contribution >= 0.6 is 23.7 Å². The van der Waals surface area contributed by atoms with Crippen LogP contribution in [-0.2, 0) is 11.2 Å². The maximum Gasteiger partial charge on any atom is 0.222 e. The van der Waals surface area contributed by atoms with Gasteiger partial charge in [-0.15, -0.1) is 12.4 Å². The molecule has 18 heavy (non-hydrogen) atoms. The molecule has 0 bridgehead atoms. The molecule has 2 fully saturated rings. The van der Waals surface area contributed by atoms with Crippen LogP contribution in [0.15, 0.2) is 16.8 Å². The van der Waals surface area contributed by atoms with Gasteiger partial charge >= 0.3 is 0 Å². The Hall–Kier alpha value is -0.580. The van der Waals surface area contributed by atoms with E-state index in [-0.39, 0.29) is 12.4 Å². The summed E-state index contributed by atoms with van der Waals surface area (Å²) in [5.41, 5.74) is 1.30. The zero-order valence-electron chi connectivity index (χ0n) is 10.3. The van der Waals surface area contributed by atoms with Crippen LogP contribution in [0.1, 0.15) is 12.0 Å². The third-order valence-corrected chi connectivity index (χ3v) is 4.68. The zero-order valence-corrected chi connectivity index (χ0v) is 11.9. The van der Waals surface area contributed by atoms with Gasteiger partial charge in [-0.2, -0.15) is 11.3 Å². The smallest absolute Gasteiger partial charge is 0.222 e. The van der Waals surface area contributed by atoms with Gasteiger partial charge in [-0.25, -0.2) is 0 Å². The van der Waals surface area contributed by atoms with Crippen molar-refractivity contribution in [2.45, 2.75) is 12.8 Å². The van der Waals surface area contributed by atoms with Crippen LogP contribution < -0.4 is 5.32 Å². The predicted molar refractivity (Wildman–Crippen MR) is 76.3 cm³/mol. The lowest BCUT2D eigenvalue weighted by atomic mass is 10.0. The second-order valence-electron chi connectivity index (χ2n) is 5.11. The minimum atomic E-state index is 0. The van der Waals surface area contributed by atoms with Crippen molar-refractivity contribution >= 4 is 29.7 Å². The number of halogens is 1.